The largest absolute Gasteiger partial charge is 0.497 e. The zero-order chi connectivity index (χ0) is 18.9. The van der Waals surface area contributed by atoms with Gasteiger partial charge in [0.15, 0.2) is 0 Å². The molecule has 144 valence electrons. The van der Waals surface area contributed by atoms with E-state index < -0.39 is 0 Å². The van der Waals surface area contributed by atoms with E-state index in [1.807, 2.05) is 24.3 Å². The van der Waals surface area contributed by atoms with Gasteiger partial charge in [-0.1, -0.05) is 25.5 Å². The van der Waals surface area contributed by atoms with Gasteiger partial charge in [0.1, 0.15) is 5.75 Å². The maximum atomic E-state index is 12.3. The molecule has 1 fully saturated rings. The summed E-state index contributed by atoms with van der Waals surface area (Å²) in [6, 6.07) is 7.67. The lowest BCUT2D eigenvalue weighted by atomic mass is 10.1. The zero-order valence-electron chi connectivity index (χ0n) is 16.2. The van der Waals surface area contributed by atoms with Gasteiger partial charge in [-0.15, -0.1) is 0 Å². The molecule has 1 aromatic carbocycles. The van der Waals surface area contributed by atoms with Crippen LogP contribution in [0.5, 0.6) is 5.75 Å². The lowest BCUT2D eigenvalue weighted by Crippen LogP contribution is -2.37. The molecule has 1 saturated heterocycles. The van der Waals surface area contributed by atoms with E-state index in [0.717, 1.165) is 24.4 Å². The van der Waals surface area contributed by atoms with Gasteiger partial charge in [-0.05, 0) is 37.7 Å². The first kappa shape index (κ1) is 20.2. The fourth-order valence-corrected chi connectivity index (χ4v) is 3.11. The number of rotatable bonds is 10. The van der Waals surface area contributed by atoms with Crippen LogP contribution in [0.1, 0.15) is 31.7 Å². The van der Waals surface area contributed by atoms with Crippen LogP contribution in [-0.2, 0) is 16.1 Å². The Morgan fingerprint density at radius 3 is 2.69 bits per heavy atom. The van der Waals surface area contributed by atoms with Crippen LogP contribution in [0.4, 0.5) is 0 Å². The van der Waals surface area contributed by atoms with E-state index in [1.54, 1.807) is 12.0 Å². The van der Waals surface area contributed by atoms with Crippen molar-refractivity contribution in [2.45, 2.75) is 32.7 Å². The first-order chi connectivity index (χ1) is 12.5. The average Bonchev–Trinajstić information content (AvgIpc) is 3.01. The predicted octanol–water partition coefficient (Wildman–Crippen LogP) is 1.89. The number of likely N-dealkylation sites (tertiary alicyclic amines) is 1. The Bertz CT molecular complexity index is 588. The van der Waals surface area contributed by atoms with Crippen molar-refractivity contribution in [2.24, 2.45) is 5.92 Å². The van der Waals surface area contributed by atoms with Crippen molar-refractivity contribution in [3.63, 3.8) is 0 Å². The highest BCUT2D eigenvalue weighted by Crippen LogP contribution is 2.21. The fraction of sp³-hybridized carbons (Fsp3) is 0.600. The molecule has 0 aliphatic carbocycles. The average molecular weight is 361 g/mol. The number of ether oxygens (including phenoxy) is 1. The monoisotopic (exact) mass is 361 g/mol. The van der Waals surface area contributed by atoms with Crippen molar-refractivity contribution in [3.8, 4) is 5.75 Å². The number of nitrogens with zero attached hydrogens (tertiary/aromatic N) is 2. The van der Waals surface area contributed by atoms with Gasteiger partial charge < -0.3 is 19.9 Å². The molecule has 2 rings (SSSR count). The molecular formula is C20H31N3O3. The van der Waals surface area contributed by atoms with Gasteiger partial charge in [0.25, 0.3) is 0 Å². The number of amides is 2. The molecule has 1 heterocycles. The van der Waals surface area contributed by atoms with Crippen LogP contribution in [0.3, 0.4) is 0 Å². The fourth-order valence-electron chi connectivity index (χ4n) is 3.11. The number of benzene rings is 1. The minimum Gasteiger partial charge on any atom is -0.497 e. The van der Waals surface area contributed by atoms with Crippen LogP contribution >= 0.6 is 0 Å². The summed E-state index contributed by atoms with van der Waals surface area (Å²) >= 11 is 0. The molecule has 0 radical (unpaired) electrons. The summed E-state index contributed by atoms with van der Waals surface area (Å²) in [7, 11) is 3.70. The van der Waals surface area contributed by atoms with Crippen LogP contribution in [0.15, 0.2) is 24.3 Å². The Morgan fingerprint density at radius 2 is 2.04 bits per heavy atom. The van der Waals surface area contributed by atoms with Crippen molar-refractivity contribution in [3.05, 3.63) is 29.8 Å². The smallest absolute Gasteiger partial charge is 0.225 e. The third-order valence-electron chi connectivity index (χ3n) is 4.80. The van der Waals surface area contributed by atoms with E-state index in [2.05, 4.69) is 24.2 Å². The van der Waals surface area contributed by atoms with E-state index >= 15 is 0 Å². The summed E-state index contributed by atoms with van der Waals surface area (Å²) in [6.07, 6.45) is 2.64. The quantitative estimate of drug-likeness (QED) is 0.691. The molecule has 0 aromatic heterocycles. The minimum absolute atomic E-state index is 0.0144. The summed E-state index contributed by atoms with van der Waals surface area (Å²) in [5.74, 6) is 0.574. The third-order valence-corrected chi connectivity index (χ3v) is 4.80. The van der Waals surface area contributed by atoms with Crippen molar-refractivity contribution in [2.75, 3.05) is 40.3 Å². The Balaban J connectivity index is 1.76. The van der Waals surface area contributed by atoms with E-state index in [1.165, 1.54) is 12.8 Å². The molecule has 0 saturated carbocycles. The first-order valence-electron chi connectivity index (χ1n) is 9.40. The van der Waals surface area contributed by atoms with Crippen LogP contribution in [-0.4, -0.2) is 62.0 Å². The summed E-state index contributed by atoms with van der Waals surface area (Å²) in [5, 5.41) is 2.98. The molecule has 0 unspecified atom stereocenters. The van der Waals surface area contributed by atoms with Gasteiger partial charge in [-0.3, -0.25) is 9.59 Å². The molecule has 0 spiro atoms. The topological polar surface area (TPSA) is 61.9 Å². The first-order valence-corrected chi connectivity index (χ1v) is 9.40. The van der Waals surface area contributed by atoms with Gasteiger partial charge in [-0.25, -0.2) is 0 Å². The SMILES string of the molecule is CCCCN(C)CCNC(=O)[C@H]1CC(=O)N(Cc2ccc(OC)cc2)C1. The molecule has 6 heteroatoms. The van der Waals surface area contributed by atoms with Crippen molar-refractivity contribution >= 4 is 11.8 Å². The second-order valence-electron chi connectivity index (χ2n) is 6.97. The predicted molar refractivity (Wildman–Crippen MR) is 102 cm³/mol. The summed E-state index contributed by atoms with van der Waals surface area (Å²) in [5.41, 5.74) is 1.04. The third kappa shape index (κ3) is 6.02. The highest BCUT2D eigenvalue weighted by molar-refractivity contribution is 5.89. The molecule has 2 amide bonds. The Kier molecular flexibility index (Phi) is 7.91. The summed E-state index contributed by atoms with van der Waals surface area (Å²) < 4.78 is 5.15. The van der Waals surface area contributed by atoms with Gasteiger partial charge in [0.05, 0.1) is 13.0 Å². The number of unbranched alkanes of at least 4 members (excludes halogenated alkanes) is 1. The van der Waals surface area contributed by atoms with Crippen molar-refractivity contribution in [1.29, 1.82) is 0 Å². The number of carbonyl (C=O) groups is 2. The number of carbonyl (C=O) groups excluding carboxylic acids is 2. The van der Waals surface area contributed by atoms with Gasteiger partial charge in [0, 0.05) is 32.6 Å². The maximum absolute atomic E-state index is 12.3. The second-order valence-corrected chi connectivity index (χ2v) is 6.97. The number of hydrogen-bond acceptors (Lipinski definition) is 4. The van der Waals surface area contributed by atoms with E-state index in [0.29, 0.717) is 26.1 Å². The van der Waals surface area contributed by atoms with E-state index in [9.17, 15) is 9.59 Å². The Labute approximate surface area is 156 Å². The van der Waals surface area contributed by atoms with Gasteiger partial charge in [-0.2, -0.15) is 0 Å². The van der Waals surface area contributed by atoms with Gasteiger partial charge >= 0.3 is 0 Å². The van der Waals surface area contributed by atoms with Gasteiger partial charge in [0.2, 0.25) is 11.8 Å². The maximum Gasteiger partial charge on any atom is 0.225 e. The summed E-state index contributed by atoms with van der Waals surface area (Å²) in [4.78, 5) is 28.6. The van der Waals surface area contributed by atoms with E-state index in [4.69, 9.17) is 4.74 Å². The standard InChI is InChI=1S/C20H31N3O3/c1-4-5-11-22(2)12-10-21-20(25)17-13-19(24)23(15-17)14-16-6-8-18(26-3)9-7-16/h6-9,17H,4-5,10-15H2,1-3H3,(H,21,25)/t17-/m0/s1. The number of likely N-dealkylation sites (N-methyl/N-ethyl adjacent to an activating group) is 1. The number of nitrogens with one attached hydrogen (secondary N) is 1. The highest BCUT2D eigenvalue weighted by atomic mass is 16.5. The highest BCUT2D eigenvalue weighted by Gasteiger charge is 2.34. The van der Waals surface area contributed by atoms with Crippen LogP contribution in [0.2, 0.25) is 0 Å². The minimum atomic E-state index is -0.248. The molecule has 6 nitrogen and oxygen atoms in total. The van der Waals surface area contributed by atoms with Crippen LogP contribution in [0, 0.1) is 5.92 Å². The molecule has 1 aromatic rings. The molecule has 26 heavy (non-hydrogen) atoms. The number of hydrogen-bond donors (Lipinski definition) is 1. The molecule has 1 aliphatic heterocycles. The Morgan fingerprint density at radius 1 is 1.31 bits per heavy atom. The molecule has 1 atom stereocenters. The zero-order valence-corrected chi connectivity index (χ0v) is 16.2. The Hall–Kier alpha value is -2.08. The van der Waals surface area contributed by atoms with Crippen LogP contribution in [0.25, 0.3) is 0 Å². The number of methoxy groups -OCH3 is 1. The van der Waals surface area contributed by atoms with Crippen LogP contribution < -0.4 is 10.1 Å². The second kappa shape index (κ2) is 10.2. The summed E-state index contributed by atoms with van der Waals surface area (Å²) in [6.45, 7) is 5.70. The normalized spacial score (nSPS) is 17.0. The lowest BCUT2D eigenvalue weighted by molar-refractivity contribution is -0.129. The van der Waals surface area contributed by atoms with Crippen molar-refractivity contribution in [1.82, 2.24) is 15.1 Å². The molecular weight excluding hydrogens is 330 g/mol. The van der Waals surface area contributed by atoms with E-state index in [-0.39, 0.29) is 17.7 Å². The van der Waals surface area contributed by atoms with Crippen molar-refractivity contribution < 1.29 is 14.3 Å². The molecule has 1 N–H and O–H groups in total. The molecule has 1 aliphatic rings. The lowest BCUT2D eigenvalue weighted by Gasteiger charge is -2.18. The molecule has 0 bridgehead atoms.